The third kappa shape index (κ3) is 4.42. The molecule has 0 heterocycles. The van der Waals surface area contributed by atoms with E-state index >= 15 is 0 Å². The van der Waals surface area contributed by atoms with Crippen molar-refractivity contribution >= 4 is 18.2 Å². The maximum Gasteiger partial charge on any atom is 0.328 e. The molecule has 0 aliphatic rings. The molecule has 0 fully saturated rings. The van der Waals surface area contributed by atoms with Crippen LogP contribution >= 0.6 is 0 Å². The van der Waals surface area contributed by atoms with Gasteiger partial charge in [0.05, 0.1) is 0 Å². The number of amides is 1. The van der Waals surface area contributed by atoms with Gasteiger partial charge in [-0.2, -0.15) is 0 Å². The summed E-state index contributed by atoms with van der Waals surface area (Å²) in [5.74, 6) is -1.24. The fourth-order valence-electron chi connectivity index (χ4n) is 1.23. The lowest BCUT2D eigenvalue weighted by Gasteiger charge is -2.20. The molecule has 19 heavy (non-hydrogen) atoms. The third-order valence-electron chi connectivity index (χ3n) is 2.37. The molecule has 1 aromatic rings. The van der Waals surface area contributed by atoms with Gasteiger partial charge in [0.25, 0.3) is 5.91 Å². The van der Waals surface area contributed by atoms with E-state index in [2.05, 4.69) is 5.32 Å². The van der Waals surface area contributed by atoms with Gasteiger partial charge < -0.3 is 15.2 Å². The van der Waals surface area contributed by atoms with Crippen molar-refractivity contribution in [3.05, 3.63) is 29.8 Å². The smallest absolute Gasteiger partial charge is 0.328 e. The van der Waals surface area contributed by atoms with E-state index in [9.17, 15) is 14.4 Å². The third-order valence-corrected chi connectivity index (χ3v) is 2.37. The van der Waals surface area contributed by atoms with Crippen LogP contribution in [0.1, 0.15) is 24.2 Å². The highest BCUT2D eigenvalue weighted by atomic mass is 16.5. The number of rotatable bonds is 6. The summed E-state index contributed by atoms with van der Waals surface area (Å²) in [6.07, 6.45) is 0.700. The second kappa shape index (κ2) is 5.99. The van der Waals surface area contributed by atoms with E-state index in [0.29, 0.717) is 17.6 Å². The lowest BCUT2D eigenvalue weighted by molar-refractivity contribution is -0.146. The second-order valence-corrected chi connectivity index (χ2v) is 4.45. The minimum absolute atomic E-state index is 0.294. The Hall–Kier alpha value is -2.37. The second-order valence-electron chi connectivity index (χ2n) is 4.45. The molecular weight excluding hydrogens is 250 g/mol. The Morgan fingerprint density at radius 2 is 1.89 bits per heavy atom. The summed E-state index contributed by atoms with van der Waals surface area (Å²) in [6, 6.07) is 6.22. The number of ether oxygens (including phenoxy) is 1. The van der Waals surface area contributed by atoms with Gasteiger partial charge in [0, 0.05) is 5.56 Å². The molecule has 2 N–H and O–H groups in total. The summed E-state index contributed by atoms with van der Waals surface area (Å²) < 4.78 is 5.17. The SMILES string of the molecule is CC(C)(NC(=O)COc1ccc(C=O)cc1)C(=O)O. The van der Waals surface area contributed by atoms with E-state index in [0.717, 1.165) is 0 Å². The quantitative estimate of drug-likeness (QED) is 0.744. The number of carbonyl (C=O) groups excluding carboxylic acids is 2. The Morgan fingerprint density at radius 3 is 2.37 bits per heavy atom. The number of carboxylic acids is 1. The fourth-order valence-corrected chi connectivity index (χ4v) is 1.23. The van der Waals surface area contributed by atoms with Gasteiger partial charge in [0.2, 0.25) is 0 Å². The summed E-state index contributed by atoms with van der Waals surface area (Å²) in [7, 11) is 0. The molecule has 0 radical (unpaired) electrons. The van der Waals surface area contributed by atoms with Gasteiger partial charge in [-0.05, 0) is 38.1 Å². The zero-order chi connectivity index (χ0) is 14.5. The highest BCUT2D eigenvalue weighted by Crippen LogP contribution is 2.11. The van der Waals surface area contributed by atoms with E-state index in [4.69, 9.17) is 9.84 Å². The molecule has 0 unspecified atom stereocenters. The van der Waals surface area contributed by atoms with Crippen molar-refractivity contribution in [2.24, 2.45) is 0 Å². The topological polar surface area (TPSA) is 92.7 Å². The molecule has 0 spiro atoms. The number of carbonyl (C=O) groups is 3. The maximum absolute atomic E-state index is 11.5. The normalized spacial score (nSPS) is 10.6. The van der Waals surface area contributed by atoms with Crippen LogP contribution in [0.15, 0.2) is 24.3 Å². The predicted molar refractivity (Wildman–Crippen MR) is 67.2 cm³/mol. The maximum atomic E-state index is 11.5. The summed E-state index contributed by atoms with van der Waals surface area (Å²) in [5, 5.41) is 11.2. The molecule has 0 bridgehead atoms. The van der Waals surface area contributed by atoms with Gasteiger partial charge in [-0.25, -0.2) is 4.79 Å². The number of benzene rings is 1. The van der Waals surface area contributed by atoms with Crippen molar-refractivity contribution < 1.29 is 24.2 Å². The average Bonchev–Trinajstić information content (AvgIpc) is 2.36. The van der Waals surface area contributed by atoms with Crippen LogP contribution < -0.4 is 10.1 Å². The molecule has 0 saturated carbocycles. The number of hydrogen-bond donors (Lipinski definition) is 2. The minimum atomic E-state index is -1.35. The Labute approximate surface area is 110 Å². The van der Waals surface area contributed by atoms with Crippen LogP contribution in [0, 0.1) is 0 Å². The number of nitrogens with one attached hydrogen (secondary N) is 1. The summed E-state index contributed by atoms with van der Waals surface area (Å²) in [6.45, 7) is 2.47. The predicted octanol–water partition coefficient (Wildman–Crippen LogP) is 0.857. The Morgan fingerprint density at radius 1 is 1.32 bits per heavy atom. The molecule has 0 atom stereocenters. The number of carboxylic acid groups (broad SMARTS) is 1. The molecule has 1 rings (SSSR count). The van der Waals surface area contributed by atoms with E-state index < -0.39 is 17.4 Å². The first-order chi connectivity index (χ1) is 8.85. The highest BCUT2D eigenvalue weighted by molar-refractivity contribution is 5.86. The van der Waals surface area contributed by atoms with Crippen molar-refractivity contribution in [1.29, 1.82) is 0 Å². The monoisotopic (exact) mass is 265 g/mol. The van der Waals surface area contributed by atoms with Crippen LogP contribution in [0.4, 0.5) is 0 Å². The average molecular weight is 265 g/mol. The van der Waals surface area contributed by atoms with Crippen molar-refractivity contribution in [1.82, 2.24) is 5.32 Å². The Kier molecular flexibility index (Phi) is 4.63. The van der Waals surface area contributed by atoms with E-state index in [-0.39, 0.29) is 6.61 Å². The first kappa shape index (κ1) is 14.7. The Bertz CT molecular complexity index is 478. The number of aliphatic carboxylic acids is 1. The van der Waals surface area contributed by atoms with Crippen LogP contribution in [0.25, 0.3) is 0 Å². The van der Waals surface area contributed by atoms with Crippen LogP contribution in [0.5, 0.6) is 5.75 Å². The molecule has 6 heteroatoms. The molecule has 1 amide bonds. The lowest BCUT2D eigenvalue weighted by atomic mass is 10.1. The van der Waals surface area contributed by atoms with Gasteiger partial charge in [0.15, 0.2) is 6.61 Å². The summed E-state index contributed by atoms with van der Waals surface area (Å²) in [5.41, 5.74) is -0.842. The molecule has 102 valence electrons. The van der Waals surface area contributed by atoms with Crippen LogP contribution in [0.2, 0.25) is 0 Å². The van der Waals surface area contributed by atoms with Gasteiger partial charge in [-0.1, -0.05) is 0 Å². The molecule has 0 aliphatic carbocycles. The molecule has 0 aromatic heterocycles. The van der Waals surface area contributed by atoms with Gasteiger partial charge in [0.1, 0.15) is 17.6 Å². The van der Waals surface area contributed by atoms with Crippen LogP contribution in [-0.2, 0) is 9.59 Å². The summed E-state index contributed by atoms with van der Waals surface area (Å²) in [4.78, 5) is 32.8. The molecule has 0 aliphatic heterocycles. The van der Waals surface area contributed by atoms with Crippen LogP contribution in [-0.4, -0.2) is 35.4 Å². The van der Waals surface area contributed by atoms with Crippen molar-refractivity contribution in [2.75, 3.05) is 6.61 Å². The molecule has 6 nitrogen and oxygen atoms in total. The largest absolute Gasteiger partial charge is 0.484 e. The number of aldehydes is 1. The zero-order valence-corrected chi connectivity index (χ0v) is 10.7. The van der Waals surface area contributed by atoms with E-state index in [1.54, 1.807) is 24.3 Å². The first-order valence-corrected chi connectivity index (χ1v) is 5.57. The van der Waals surface area contributed by atoms with Crippen LogP contribution in [0.3, 0.4) is 0 Å². The highest BCUT2D eigenvalue weighted by Gasteiger charge is 2.28. The Balaban J connectivity index is 2.50. The standard InChI is InChI=1S/C13H15NO5/c1-13(2,12(17)18)14-11(16)8-19-10-5-3-9(7-15)4-6-10/h3-7H,8H2,1-2H3,(H,14,16)(H,17,18). The molecular formula is C13H15NO5. The van der Waals surface area contributed by atoms with Gasteiger partial charge in [-0.3, -0.25) is 9.59 Å². The summed E-state index contributed by atoms with van der Waals surface area (Å²) >= 11 is 0. The van der Waals surface area contributed by atoms with Crippen molar-refractivity contribution in [3.63, 3.8) is 0 Å². The first-order valence-electron chi connectivity index (χ1n) is 5.57. The van der Waals surface area contributed by atoms with E-state index in [1.807, 2.05) is 0 Å². The van der Waals surface area contributed by atoms with E-state index in [1.165, 1.54) is 13.8 Å². The lowest BCUT2D eigenvalue weighted by Crippen LogP contribution is -2.51. The molecule has 1 aromatic carbocycles. The van der Waals surface area contributed by atoms with Crippen molar-refractivity contribution in [2.45, 2.75) is 19.4 Å². The fraction of sp³-hybridized carbons (Fsp3) is 0.308. The van der Waals surface area contributed by atoms with Crippen molar-refractivity contribution in [3.8, 4) is 5.75 Å². The minimum Gasteiger partial charge on any atom is -0.484 e. The van der Waals surface area contributed by atoms with Gasteiger partial charge in [-0.15, -0.1) is 0 Å². The van der Waals surface area contributed by atoms with Gasteiger partial charge >= 0.3 is 5.97 Å². The molecule has 0 saturated heterocycles. The zero-order valence-electron chi connectivity index (χ0n) is 10.7. The number of hydrogen-bond acceptors (Lipinski definition) is 4.